The Kier molecular flexibility index (Phi) is 7.71. The molecule has 2 heterocycles. The highest BCUT2D eigenvalue weighted by molar-refractivity contribution is 5.94. The third-order valence-corrected chi connectivity index (χ3v) is 5.15. The van der Waals surface area contributed by atoms with Crippen LogP contribution in [0.25, 0.3) is 11.3 Å². The molecule has 0 aliphatic rings. The lowest BCUT2D eigenvalue weighted by atomic mass is 10.0. The summed E-state index contributed by atoms with van der Waals surface area (Å²) in [5.74, 6) is 1.01. The molecule has 0 atom stereocenters. The average Bonchev–Trinajstić information content (AvgIpc) is 3.14. The number of carboxylic acid groups (broad SMARTS) is 1. The lowest BCUT2D eigenvalue weighted by molar-refractivity contribution is 0.0697. The van der Waals surface area contributed by atoms with Crippen molar-refractivity contribution in [1.82, 2.24) is 19.7 Å². The third kappa shape index (κ3) is 5.53. The molecule has 0 radical (unpaired) electrons. The molecule has 0 amide bonds. The summed E-state index contributed by atoms with van der Waals surface area (Å²) in [7, 11) is 0. The first-order valence-electron chi connectivity index (χ1n) is 10.8. The van der Waals surface area contributed by atoms with Crippen LogP contribution >= 0.6 is 0 Å². The van der Waals surface area contributed by atoms with Gasteiger partial charge in [0, 0.05) is 24.6 Å². The molecular formula is C24H30N4O2. The van der Waals surface area contributed by atoms with E-state index in [1.165, 1.54) is 12.8 Å². The van der Waals surface area contributed by atoms with Gasteiger partial charge in [-0.25, -0.2) is 14.5 Å². The molecule has 3 aromatic rings. The van der Waals surface area contributed by atoms with Crippen LogP contribution in [0.1, 0.15) is 73.5 Å². The molecule has 6 nitrogen and oxygen atoms in total. The van der Waals surface area contributed by atoms with Crippen molar-refractivity contribution < 1.29 is 9.90 Å². The number of unbranched alkanes of at least 4 members (excludes halogenated alkanes) is 3. The van der Waals surface area contributed by atoms with Gasteiger partial charge in [-0.2, -0.15) is 5.10 Å². The molecule has 1 N–H and O–H groups in total. The van der Waals surface area contributed by atoms with E-state index in [1.54, 1.807) is 18.3 Å². The lowest BCUT2D eigenvalue weighted by Crippen LogP contribution is -2.07. The van der Waals surface area contributed by atoms with Crippen LogP contribution in [0.3, 0.4) is 0 Å². The Morgan fingerprint density at radius 3 is 2.47 bits per heavy atom. The quantitative estimate of drug-likeness (QED) is 0.445. The van der Waals surface area contributed by atoms with Crippen LogP contribution in [0.15, 0.2) is 42.6 Å². The topological polar surface area (TPSA) is 80.9 Å². The van der Waals surface area contributed by atoms with Crippen molar-refractivity contribution in [3.05, 3.63) is 65.4 Å². The van der Waals surface area contributed by atoms with E-state index in [1.807, 2.05) is 28.9 Å². The van der Waals surface area contributed by atoms with Gasteiger partial charge in [-0.05, 0) is 30.5 Å². The Balaban J connectivity index is 1.78. The number of aryl methyl sites for hydroxylation is 2. The van der Waals surface area contributed by atoms with Crippen molar-refractivity contribution in [3.63, 3.8) is 0 Å². The number of rotatable bonds is 11. The van der Waals surface area contributed by atoms with Gasteiger partial charge in [0.25, 0.3) is 0 Å². The highest BCUT2D eigenvalue weighted by Gasteiger charge is 2.13. The maximum atomic E-state index is 11.5. The number of hydrogen-bond acceptors (Lipinski definition) is 4. The zero-order valence-corrected chi connectivity index (χ0v) is 17.8. The van der Waals surface area contributed by atoms with Crippen molar-refractivity contribution in [2.75, 3.05) is 0 Å². The second-order valence-corrected chi connectivity index (χ2v) is 7.56. The van der Waals surface area contributed by atoms with Crippen LogP contribution in [-0.4, -0.2) is 30.8 Å². The zero-order chi connectivity index (χ0) is 21.3. The maximum Gasteiger partial charge on any atom is 0.337 e. The molecule has 0 bridgehead atoms. The first kappa shape index (κ1) is 21.7. The molecule has 0 unspecified atom stereocenters. The number of aromatic carboxylic acids is 1. The Morgan fingerprint density at radius 1 is 1.00 bits per heavy atom. The minimum atomic E-state index is -0.971. The van der Waals surface area contributed by atoms with E-state index in [0.717, 1.165) is 54.9 Å². The van der Waals surface area contributed by atoms with Gasteiger partial charge < -0.3 is 5.11 Å². The molecule has 2 aromatic heterocycles. The first-order chi connectivity index (χ1) is 14.6. The number of carbonyl (C=O) groups is 1. The summed E-state index contributed by atoms with van der Waals surface area (Å²) in [6, 6.07) is 11.1. The minimum absolute atomic E-state index is 0.208. The number of benzene rings is 1. The summed E-state index contributed by atoms with van der Waals surface area (Å²) >= 11 is 0. The molecule has 0 aliphatic heterocycles. The molecule has 3 rings (SSSR count). The van der Waals surface area contributed by atoms with Gasteiger partial charge in [0.15, 0.2) is 5.82 Å². The first-order valence-corrected chi connectivity index (χ1v) is 10.8. The molecule has 158 valence electrons. The van der Waals surface area contributed by atoms with Crippen molar-refractivity contribution in [1.29, 1.82) is 0 Å². The number of aromatic nitrogens is 4. The summed E-state index contributed by atoms with van der Waals surface area (Å²) in [5, 5.41) is 14.2. The van der Waals surface area contributed by atoms with Gasteiger partial charge in [-0.1, -0.05) is 57.4 Å². The molecule has 0 spiro atoms. The van der Waals surface area contributed by atoms with Gasteiger partial charge in [0.1, 0.15) is 5.82 Å². The van der Waals surface area contributed by atoms with Crippen LogP contribution in [0, 0.1) is 0 Å². The van der Waals surface area contributed by atoms with Crippen LogP contribution in [0.4, 0.5) is 0 Å². The molecule has 0 saturated heterocycles. The smallest absolute Gasteiger partial charge is 0.337 e. The fourth-order valence-corrected chi connectivity index (χ4v) is 3.46. The molecule has 30 heavy (non-hydrogen) atoms. The van der Waals surface area contributed by atoms with E-state index >= 15 is 0 Å². The Hall–Kier alpha value is -3.02. The molecule has 0 aliphatic carbocycles. The Labute approximate surface area is 178 Å². The van der Waals surface area contributed by atoms with E-state index in [-0.39, 0.29) is 5.56 Å². The van der Waals surface area contributed by atoms with Gasteiger partial charge in [0.05, 0.1) is 17.8 Å². The highest BCUT2D eigenvalue weighted by Crippen LogP contribution is 2.22. The Morgan fingerprint density at radius 2 is 1.77 bits per heavy atom. The van der Waals surface area contributed by atoms with E-state index < -0.39 is 5.97 Å². The Bertz CT molecular complexity index is 964. The fourth-order valence-electron chi connectivity index (χ4n) is 3.46. The SMILES string of the molecule is CCCCCc1nc(CCCC)n(Cc2ccc(-c3ncccc3C(=O)O)cc2)n1. The number of pyridine rings is 1. The summed E-state index contributed by atoms with van der Waals surface area (Å²) < 4.78 is 2.02. The largest absolute Gasteiger partial charge is 0.478 e. The van der Waals surface area contributed by atoms with Crippen molar-refractivity contribution in [2.45, 2.75) is 65.3 Å². The maximum absolute atomic E-state index is 11.5. The van der Waals surface area contributed by atoms with Crippen molar-refractivity contribution in [3.8, 4) is 11.3 Å². The normalized spacial score (nSPS) is 11.0. The van der Waals surface area contributed by atoms with Gasteiger partial charge in [0.2, 0.25) is 0 Å². The van der Waals surface area contributed by atoms with E-state index in [0.29, 0.717) is 12.2 Å². The van der Waals surface area contributed by atoms with Crippen molar-refractivity contribution >= 4 is 5.97 Å². The van der Waals surface area contributed by atoms with Crippen LogP contribution in [0.5, 0.6) is 0 Å². The van der Waals surface area contributed by atoms with E-state index in [9.17, 15) is 9.90 Å². The predicted molar refractivity (Wildman–Crippen MR) is 118 cm³/mol. The standard InChI is InChI=1S/C24H30N4O2/c1-3-5-7-10-21-26-22(11-6-4-2)28(27-21)17-18-12-14-19(15-13-18)23-20(24(29)30)9-8-16-25-23/h8-9,12-16H,3-7,10-11,17H2,1-2H3,(H,29,30). The number of nitrogens with zero attached hydrogens (tertiary/aromatic N) is 4. The zero-order valence-electron chi connectivity index (χ0n) is 17.8. The third-order valence-electron chi connectivity index (χ3n) is 5.15. The number of carboxylic acids is 1. The summed E-state index contributed by atoms with van der Waals surface area (Å²) in [6.45, 7) is 5.05. The summed E-state index contributed by atoms with van der Waals surface area (Å²) in [4.78, 5) is 20.5. The molecule has 1 aromatic carbocycles. The average molecular weight is 407 g/mol. The molecule has 6 heteroatoms. The van der Waals surface area contributed by atoms with Crippen LogP contribution in [-0.2, 0) is 19.4 Å². The summed E-state index contributed by atoms with van der Waals surface area (Å²) in [5.41, 5.74) is 2.59. The van der Waals surface area contributed by atoms with Crippen LogP contribution < -0.4 is 0 Å². The lowest BCUT2D eigenvalue weighted by Gasteiger charge is -2.08. The summed E-state index contributed by atoms with van der Waals surface area (Å²) in [6.07, 6.45) is 9.22. The van der Waals surface area contributed by atoms with Crippen LogP contribution in [0.2, 0.25) is 0 Å². The van der Waals surface area contributed by atoms with Gasteiger partial charge >= 0.3 is 5.97 Å². The van der Waals surface area contributed by atoms with Gasteiger partial charge in [-0.15, -0.1) is 0 Å². The van der Waals surface area contributed by atoms with E-state index in [2.05, 4.69) is 18.8 Å². The van der Waals surface area contributed by atoms with E-state index in [4.69, 9.17) is 10.1 Å². The second-order valence-electron chi connectivity index (χ2n) is 7.56. The predicted octanol–water partition coefficient (Wildman–Crippen LogP) is 5.16. The fraction of sp³-hybridized carbons (Fsp3) is 0.417. The number of hydrogen-bond donors (Lipinski definition) is 1. The molecule has 0 saturated carbocycles. The molecule has 0 fully saturated rings. The van der Waals surface area contributed by atoms with Gasteiger partial charge in [-0.3, -0.25) is 4.98 Å². The second kappa shape index (κ2) is 10.7. The van der Waals surface area contributed by atoms with Crippen molar-refractivity contribution in [2.24, 2.45) is 0 Å². The highest BCUT2D eigenvalue weighted by atomic mass is 16.4. The monoisotopic (exact) mass is 406 g/mol. The minimum Gasteiger partial charge on any atom is -0.478 e. The molecular weight excluding hydrogens is 376 g/mol.